The molecule has 0 unspecified atom stereocenters. The maximum atomic E-state index is 5.89. The molecule has 0 radical (unpaired) electrons. The summed E-state index contributed by atoms with van der Waals surface area (Å²) in [4.78, 5) is 4.21. The van der Waals surface area contributed by atoms with Crippen LogP contribution in [0.1, 0.15) is 38.5 Å². The maximum Gasteiger partial charge on any atom is 0.125 e. The van der Waals surface area contributed by atoms with Crippen molar-refractivity contribution < 1.29 is 4.74 Å². The van der Waals surface area contributed by atoms with Crippen LogP contribution in [-0.2, 0) is 4.74 Å². The number of hydrogen-bond donors (Lipinski definition) is 1. The van der Waals surface area contributed by atoms with Crippen LogP contribution < -0.4 is 5.32 Å². The van der Waals surface area contributed by atoms with Crippen LogP contribution in [0.15, 0.2) is 24.4 Å². The molecule has 1 fully saturated rings. The first-order valence-electron chi connectivity index (χ1n) is 6.71. The minimum absolute atomic E-state index is 0.489. The van der Waals surface area contributed by atoms with Crippen LogP contribution >= 0.6 is 0 Å². The Morgan fingerprint density at radius 1 is 1.18 bits per heavy atom. The average molecular weight is 234 g/mol. The second-order valence-corrected chi connectivity index (χ2v) is 4.63. The van der Waals surface area contributed by atoms with Gasteiger partial charge in [-0.15, -0.1) is 0 Å². The Bertz CT molecular complexity index is 294. The minimum atomic E-state index is 0.489. The lowest BCUT2D eigenvalue weighted by Crippen LogP contribution is -2.17. The summed E-state index contributed by atoms with van der Waals surface area (Å²) >= 11 is 0. The standard InChI is InChI=1S/C14H22N2O/c1-2-4-8-13(7-3-1)17-12-11-16-14-9-5-6-10-15-14/h5-6,9-10,13H,1-4,7-8,11-12H2,(H,15,16). The van der Waals surface area contributed by atoms with E-state index in [1.807, 2.05) is 18.2 Å². The summed E-state index contributed by atoms with van der Waals surface area (Å²) in [7, 11) is 0. The van der Waals surface area contributed by atoms with Crippen molar-refractivity contribution in [2.24, 2.45) is 0 Å². The monoisotopic (exact) mass is 234 g/mol. The van der Waals surface area contributed by atoms with E-state index in [0.717, 1.165) is 19.0 Å². The Morgan fingerprint density at radius 3 is 2.71 bits per heavy atom. The molecule has 1 aliphatic carbocycles. The number of nitrogens with zero attached hydrogens (tertiary/aromatic N) is 1. The van der Waals surface area contributed by atoms with Crippen LogP contribution in [0.3, 0.4) is 0 Å². The Kier molecular flexibility index (Phi) is 5.30. The van der Waals surface area contributed by atoms with Gasteiger partial charge in [-0.1, -0.05) is 31.7 Å². The van der Waals surface area contributed by atoms with Crippen LogP contribution in [0.25, 0.3) is 0 Å². The molecular weight excluding hydrogens is 212 g/mol. The van der Waals surface area contributed by atoms with Gasteiger partial charge in [0, 0.05) is 12.7 Å². The Balaban J connectivity index is 1.59. The fourth-order valence-electron chi connectivity index (χ4n) is 2.28. The second kappa shape index (κ2) is 7.28. The van der Waals surface area contributed by atoms with Gasteiger partial charge in [-0.25, -0.2) is 4.98 Å². The molecular formula is C14H22N2O. The van der Waals surface area contributed by atoms with Crippen LogP contribution in [0.2, 0.25) is 0 Å². The molecule has 3 heteroatoms. The highest BCUT2D eigenvalue weighted by molar-refractivity contribution is 5.32. The smallest absolute Gasteiger partial charge is 0.125 e. The first-order valence-corrected chi connectivity index (χ1v) is 6.71. The lowest BCUT2D eigenvalue weighted by Gasteiger charge is -2.15. The molecule has 1 aromatic rings. The van der Waals surface area contributed by atoms with Crippen molar-refractivity contribution in [1.29, 1.82) is 0 Å². The Labute approximate surface area is 104 Å². The Morgan fingerprint density at radius 2 is 2.00 bits per heavy atom. The number of pyridine rings is 1. The lowest BCUT2D eigenvalue weighted by molar-refractivity contribution is 0.0501. The third-order valence-electron chi connectivity index (χ3n) is 3.23. The molecule has 1 heterocycles. The van der Waals surface area contributed by atoms with Crippen molar-refractivity contribution in [2.45, 2.75) is 44.6 Å². The predicted octanol–water partition coefficient (Wildman–Crippen LogP) is 3.23. The summed E-state index contributed by atoms with van der Waals surface area (Å²) in [5.74, 6) is 0.928. The van der Waals surface area contributed by atoms with Gasteiger partial charge < -0.3 is 10.1 Å². The summed E-state index contributed by atoms with van der Waals surface area (Å²) < 4.78 is 5.89. The molecule has 0 aliphatic heterocycles. The summed E-state index contributed by atoms with van der Waals surface area (Å²) in [6.07, 6.45) is 10.2. The molecule has 17 heavy (non-hydrogen) atoms. The van der Waals surface area contributed by atoms with Crippen LogP contribution in [0.4, 0.5) is 5.82 Å². The van der Waals surface area contributed by atoms with Crippen molar-refractivity contribution in [2.75, 3.05) is 18.5 Å². The summed E-state index contributed by atoms with van der Waals surface area (Å²) in [5.41, 5.74) is 0. The zero-order valence-electron chi connectivity index (χ0n) is 10.4. The lowest BCUT2D eigenvalue weighted by atomic mass is 10.1. The van der Waals surface area contributed by atoms with E-state index in [0.29, 0.717) is 6.10 Å². The minimum Gasteiger partial charge on any atom is -0.376 e. The topological polar surface area (TPSA) is 34.1 Å². The highest BCUT2D eigenvalue weighted by Crippen LogP contribution is 2.19. The van der Waals surface area contributed by atoms with Crippen molar-refractivity contribution in [3.63, 3.8) is 0 Å². The van der Waals surface area contributed by atoms with Gasteiger partial charge in [0.2, 0.25) is 0 Å². The van der Waals surface area contributed by atoms with Gasteiger partial charge >= 0.3 is 0 Å². The number of anilines is 1. The van der Waals surface area contributed by atoms with Crippen molar-refractivity contribution >= 4 is 5.82 Å². The zero-order valence-corrected chi connectivity index (χ0v) is 10.4. The molecule has 94 valence electrons. The van der Waals surface area contributed by atoms with E-state index in [1.165, 1.54) is 38.5 Å². The highest BCUT2D eigenvalue weighted by Gasteiger charge is 2.11. The van der Waals surface area contributed by atoms with Gasteiger partial charge in [0.15, 0.2) is 0 Å². The summed E-state index contributed by atoms with van der Waals surface area (Å²) in [6, 6.07) is 5.89. The molecule has 0 saturated heterocycles. The number of nitrogens with one attached hydrogen (secondary N) is 1. The van der Waals surface area contributed by atoms with Crippen LogP contribution in [0.5, 0.6) is 0 Å². The van der Waals surface area contributed by atoms with E-state index in [-0.39, 0.29) is 0 Å². The van der Waals surface area contributed by atoms with E-state index in [2.05, 4.69) is 10.3 Å². The second-order valence-electron chi connectivity index (χ2n) is 4.63. The molecule has 0 bridgehead atoms. The Hall–Kier alpha value is -1.09. The van der Waals surface area contributed by atoms with Gasteiger partial charge in [0.1, 0.15) is 5.82 Å². The van der Waals surface area contributed by atoms with Crippen molar-refractivity contribution in [3.05, 3.63) is 24.4 Å². The molecule has 0 atom stereocenters. The average Bonchev–Trinajstić information content (AvgIpc) is 2.65. The third kappa shape index (κ3) is 4.73. The quantitative estimate of drug-likeness (QED) is 0.627. The van der Waals surface area contributed by atoms with Gasteiger partial charge in [-0.05, 0) is 25.0 Å². The molecule has 2 rings (SSSR count). The SMILES string of the molecule is c1ccc(NCCOC2CCCCCC2)nc1. The molecule has 1 aromatic heterocycles. The molecule has 0 aromatic carbocycles. The predicted molar refractivity (Wildman–Crippen MR) is 70.2 cm³/mol. The maximum absolute atomic E-state index is 5.89. The molecule has 0 amide bonds. The number of ether oxygens (including phenoxy) is 1. The molecule has 1 N–H and O–H groups in total. The first kappa shape index (κ1) is 12.4. The summed E-state index contributed by atoms with van der Waals surface area (Å²) in [6.45, 7) is 1.62. The van der Waals surface area contributed by atoms with Crippen molar-refractivity contribution in [1.82, 2.24) is 4.98 Å². The third-order valence-corrected chi connectivity index (χ3v) is 3.23. The van der Waals surface area contributed by atoms with Crippen molar-refractivity contribution in [3.8, 4) is 0 Å². The zero-order chi connectivity index (χ0) is 11.8. The van der Waals surface area contributed by atoms with Gasteiger partial charge in [-0.3, -0.25) is 0 Å². The fourth-order valence-corrected chi connectivity index (χ4v) is 2.28. The first-order chi connectivity index (χ1) is 8.45. The number of rotatable bonds is 5. The molecule has 1 aliphatic rings. The fraction of sp³-hybridized carbons (Fsp3) is 0.643. The highest BCUT2D eigenvalue weighted by atomic mass is 16.5. The van der Waals surface area contributed by atoms with Crippen LogP contribution in [0, 0.1) is 0 Å². The van der Waals surface area contributed by atoms with E-state index < -0.39 is 0 Å². The van der Waals surface area contributed by atoms with E-state index in [4.69, 9.17) is 4.74 Å². The molecule has 1 saturated carbocycles. The molecule has 0 spiro atoms. The van der Waals surface area contributed by atoms with E-state index in [9.17, 15) is 0 Å². The van der Waals surface area contributed by atoms with E-state index >= 15 is 0 Å². The van der Waals surface area contributed by atoms with Crippen LogP contribution in [-0.4, -0.2) is 24.2 Å². The largest absolute Gasteiger partial charge is 0.376 e. The van der Waals surface area contributed by atoms with Gasteiger partial charge in [0.25, 0.3) is 0 Å². The van der Waals surface area contributed by atoms with E-state index in [1.54, 1.807) is 6.20 Å². The normalized spacial score (nSPS) is 17.6. The summed E-state index contributed by atoms with van der Waals surface area (Å²) in [5, 5.41) is 3.26. The molecule has 3 nitrogen and oxygen atoms in total. The number of hydrogen-bond acceptors (Lipinski definition) is 3. The van der Waals surface area contributed by atoms with Gasteiger partial charge in [-0.2, -0.15) is 0 Å². The number of aromatic nitrogens is 1. The van der Waals surface area contributed by atoms with Gasteiger partial charge in [0.05, 0.1) is 12.7 Å².